The molecule has 35 heavy (non-hydrogen) atoms. The molecule has 198 valence electrons. The van der Waals surface area contributed by atoms with Gasteiger partial charge in [0.15, 0.2) is 8.32 Å². The van der Waals surface area contributed by atoms with E-state index in [1.165, 1.54) is 6.07 Å². The van der Waals surface area contributed by atoms with Gasteiger partial charge in [0.2, 0.25) is 5.91 Å². The summed E-state index contributed by atoms with van der Waals surface area (Å²) in [7, 11) is -2.08. The molecule has 0 saturated heterocycles. The van der Waals surface area contributed by atoms with Crippen LogP contribution in [0.3, 0.4) is 0 Å². The van der Waals surface area contributed by atoms with Gasteiger partial charge >= 0.3 is 6.09 Å². The summed E-state index contributed by atoms with van der Waals surface area (Å²) in [5.41, 5.74) is -0.340. The highest BCUT2D eigenvalue weighted by Crippen LogP contribution is 2.37. The lowest BCUT2D eigenvalue weighted by Gasteiger charge is -2.36. The molecule has 1 fully saturated rings. The topological polar surface area (TPSA) is 89.5 Å². The van der Waals surface area contributed by atoms with E-state index in [9.17, 15) is 14.0 Å². The van der Waals surface area contributed by atoms with Crippen molar-refractivity contribution in [2.75, 3.05) is 5.32 Å². The van der Waals surface area contributed by atoms with E-state index in [4.69, 9.17) is 9.16 Å². The van der Waals surface area contributed by atoms with Crippen LogP contribution in [0.25, 0.3) is 0 Å². The zero-order valence-corrected chi connectivity index (χ0v) is 23.9. The van der Waals surface area contributed by atoms with Gasteiger partial charge in [-0.05, 0) is 69.6 Å². The molecular weight excluding hydrogens is 465 g/mol. The zero-order valence-electron chi connectivity index (χ0n) is 22.9. The van der Waals surface area contributed by atoms with Crippen LogP contribution in [-0.2, 0) is 20.6 Å². The van der Waals surface area contributed by atoms with Gasteiger partial charge in [-0.15, -0.1) is 0 Å². The Hall–Kier alpha value is -2.00. The molecule has 0 radical (unpaired) electrons. The minimum atomic E-state index is -2.08. The third-order valence-corrected chi connectivity index (χ3v) is 11.5. The fourth-order valence-corrected chi connectivity index (χ4v) is 4.74. The number of ether oxygens (including phenoxy) is 1. The molecule has 1 aliphatic rings. The molecule has 1 aromatic rings. The number of rotatable bonds is 7. The summed E-state index contributed by atoms with van der Waals surface area (Å²) in [6.07, 6.45) is 4.11. The van der Waals surface area contributed by atoms with Crippen LogP contribution in [0, 0.1) is 17.7 Å². The van der Waals surface area contributed by atoms with Crippen molar-refractivity contribution in [3.8, 4) is 0 Å². The number of hydrogen-bond donors (Lipinski definition) is 2. The number of alkyl carbamates (subject to hydrolysis) is 1. The van der Waals surface area contributed by atoms with E-state index >= 15 is 0 Å². The van der Waals surface area contributed by atoms with E-state index in [0.717, 1.165) is 31.9 Å². The van der Waals surface area contributed by atoms with Crippen molar-refractivity contribution in [3.05, 3.63) is 23.6 Å². The van der Waals surface area contributed by atoms with Gasteiger partial charge in [-0.2, -0.15) is 0 Å². The Morgan fingerprint density at radius 1 is 1.14 bits per heavy atom. The summed E-state index contributed by atoms with van der Waals surface area (Å²) >= 11 is 0. The number of carbonyl (C=O) groups is 2. The van der Waals surface area contributed by atoms with Crippen molar-refractivity contribution >= 4 is 26.1 Å². The molecule has 0 unspecified atom stereocenters. The first-order chi connectivity index (χ1) is 16.0. The molecular formula is C26H44FN3O4Si. The number of hydrogen-bond acceptors (Lipinski definition) is 5. The second-order valence-electron chi connectivity index (χ2n) is 12.3. The third kappa shape index (κ3) is 8.86. The quantitative estimate of drug-likeness (QED) is 0.415. The molecule has 1 saturated carbocycles. The van der Waals surface area contributed by atoms with Crippen molar-refractivity contribution < 1.29 is 23.1 Å². The van der Waals surface area contributed by atoms with E-state index in [-0.39, 0.29) is 29.3 Å². The maximum absolute atomic E-state index is 14.5. The number of nitrogens with one attached hydrogen (secondary N) is 2. The highest BCUT2D eigenvalue weighted by Gasteiger charge is 2.37. The van der Waals surface area contributed by atoms with Crippen LogP contribution in [0.5, 0.6) is 0 Å². The van der Waals surface area contributed by atoms with E-state index in [0.29, 0.717) is 11.5 Å². The predicted molar refractivity (Wildman–Crippen MR) is 139 cm³/mol. The number of pyridine rings is 1. The van der Waals surface area contributed by atoms with Gasteiger partial charge in [-0.3, -0.25) is 4.79 Å². The first-order valence-electron chi connectivity index (χ1n) is 12.6. The minimum absolute atomic E-state index is 0.00833. The highest BCUT2D eigenvalue weighted by atomic mass is 28.4. The van der Waals surface area contributed by atoms with Crippen LogP contribution < -0.4 is 10.6 Å². The fraction of sp³-hybridized carbons (Fsp3) is 0.731. The lowest BCUT2D eigenvalue weighted by atomic mass is 9.79. The summed E-state index contributed by atoms with van der Waals surface area (Å²) in [5, 5.41) is 5.55. The second-order valence-corrected chi connectivity index (χ2v) is 17.2. The van der Waals surface area contributed by atoms with E-state index in [1.54, 1.807) is 20.8 Å². The van der Waals surface area contributed by atoms with Crippen LogP contribution in [0.1, 0.15) is 79.7 Å². The Morgan fingerprint density at radius 3 is 2.29 bits per heavy atom. The minimum Gasteiger partial charge on any atom is -0.444 e. The Bertz CT molecular complexity index is 888. The molecule has 0 aromatic carbocycles. The lowest BCUT2D eigenvalue weighted by molar-refractivity contribution is -0.119. The summed E-state index contributed by atoms with van der Waals surface area (Å²) in [6.45, 7) is 18.2. The highest BCUT2D eigenvalue weighted by molar-refractivity contribution is 6.74. The SMILES string of the molecule is CC1CCC([C@H](NC(=O)OC(C)(C)C)C(=O)Nc2cc(CO[Si](C)(C)C(C)(C)C)c(F)cn2)CC1. The largest absolute Gasteiger partial charge is 0.444 e. The number of aromatic nitrogens is 1. The van der Waals surface area contributed by atoms with Gasteiger partial charge in [0, 0.05) is 5.56 Å². The maximum atomic E-state index is 14.5. The number of amides is 2. The normalized spacial score (nSPS) is 20.2. The molecule has 0 spiro atoms. The third-order valence-electron chi connectivity index (χ3n) is 7.07. The molecule has 2 rings (SSSR count). The molecule has 1 aromatic heterocycles. The van der Waals surface area contributed by atoms with Crippen LogP contribution in [0.4, 0.5) is 15.0 Å². The number of anilines is 1. The molecule has 2 amide bonds. The molecule has 2 N–H and O–H groups in total. The van der Waals surface area contributed by atoms with E-state index in [2.05, 4.69) is 56.4 Å². The first kappa shape index (κ1) is 29.2. The van der Waals surface area contributed by atoms with Crippen LogP contribution in [0.2, 0.25) is 18.1 Å². The summed E-state index contributed by atoms with van der Waals surface area (Å²) in [5.74, 6) is -0.0538. The van der Waals surface area contributed by atoms with Gasteiger partial charge in [-0.25, -0.2) is 14.2 Å². The van der Waals surface area contributed by atoms with Gasteiger partial charge in [0.05, 0.1) is 12.8 Å². The van der Waals surface area contributed by atoms with Gasteiger partial charge in [0.25, 0.3) is 0 Å². The lowest BCUT2D eigenvalue weighted by Crippen LogP contribution is -2.50. The molecule has 1 aliphatic carbocycles. The number of halogens is 1. The summed E-state index contributed by atoms with van der Waals surface area (Å²) in [6, 6.07) is 0.740. The Kier molecular flexibility index (Phi) is 9.50. The number of carbonyl (C=O) groups excluding carboxylic acids is 2. The van der Waals surface area contributed by atoms with Crippen molar-refractivity contribution in [3.63, 3.8) is 0 Å². The van der Waals surface area contributed by atoms with Gasteiger partial charge in [-0.1, -0.05) is 40.5 Å². The van der Waals surface area contributed by atoms with Crippen LogP contribution in [-0.4, -0.2) is 36.9 Å². The summed E-state index contributed by atoms with van der Waals surface area (Å²) < 4.78 is 26.0. The predicted octanol–water partition coefficient (Wildman–Crippen LogP) is 6.40. The van der Waals surface area contributed by atoms with E-state index in [1.807, 2.05) is 0 Å². The Balaban J connectivity index is 2.17. The Morgan fingerprint density at radius 2 is 1.74 bits per heavy atom. The smallest absolute Gasteiger partial charge is 0.408 e. The molecule has 9 heteroatoms. The average Bonchev–Trinajstić information content (AvgIpc) is 2.71. The first-order valence-corrected chi connectivity index (χ1v) is 15.5. The maximum Gasteiger partial charge on any atom is 0.408 e. The van der Waals surface area contributed by atoms with Gasteiger partial charge < -0.3 is 19.8 Å². The molecule has 7 nitrogen and oxygen atoms in total. The fourth-order valence-electron chi connectivity index (χ4n) is 3.79. The summed E-state index contributed by atoms with van der Waals surface area (Å²) in [4.78, 5) is 29.9. The van der Waals surface area contributed by atoms with Crippen molar-refractivity contribution in [1.29, 1.82) is 0 Å². The number of nitrogens with zero attached hydrogens (tertiary/aromatic N) is 1. The monoisotopic (exact) mass is 509 g/mol. The van der Waals surface area contributed by atoms with E-state index < -0.39 is 31.9 Å². The zero-order chi connectivity index (χ0) is 26.6. The van der Waals surface area contributed by atoms with Gasteiger partial charge in [0.1, 0.15) is 23.3 Å². The Labute approximate surface area is 211 Å². The molecule has 1 atom stereocenters. The van der Waals surface area contributed by atoms with Crippen molar-refractivity contribution in [2.45, 2.75) is 111 Å². The van der Waals surface area contributed by atoms with Crippen LogP contribution >= 0.6 is 0 Å². The molecule has 0 aliphatic heterocycles. The van der Waals surface area contributed by atoms with Crippen LogP contribution in [0.15, 0.2) is 12.3 Å². The molecule has 1 heterocycles. The van der Waals surface area contributed by atoms with Crippen molar-refractivity contribution in [2.24, 2.45) is 11.8 Å². The standard InChI is InChI=1S/C26H44FN3O4Si/c1-17-10-12-18(13-11-17)22(30-24(32)34-25(2,3)4)23(31)29-21-14-19(20(27)15-28-21)16-33-35(8,9)26(5,6)7/h14-15,17-18,22H,10-13,16H2,1-9H3,(H,30,32)(H,28,29,31)/t17?,18?,22-/m0/s1. The molecule has 0 bridgehead atoms. The van der Waals surface area contributed by atoms with Crippen molar-refractivity contribution in [1.82, 2.24) is 10.3 Å². The average molecular weight is 510 g/mol. The second kappa shape index (κ2) is 11.4.